The van der Waals surface area contributed by atoms with Crippen molar-refractivity contribution in [2.75, 3.05) is 13.2 Å². The fraction of sp³-hybridized carbons (Fsp3) is 0.714. The molecule has 96 valence electrons. The molecule has 1 unspecified atom stereocenters. The Labute approximate surface area is 103 Å². The highest BCUT2D eigenvalue weighted by Gasteiger charge is 2.16. The van der Waals surface area contributed by atoms with E-state index in [0.29, 0.717) is 13.2 Å². The van der Waals surface area contributed by atoms with Gasteiger partial charge < -0.3 is 14.2 Å². The van der Waals surface area contributed by atoms with Gasteiger partial charge in [0.25, 0.3) is 0 Å². The average Bonchev–Trinajstić information content (AvgIpc) is 2.99. The Morgan fingerprint density at radius 3 is 2.41 bits per heavy atom. The molecule has 0 heterocycles. The van der Waals surface area contributed by atoms with Gasteiger partial charge in [0.15, 0.2) is 0 Å². The van der Waals surface area contributed by atoms with Gasteiger partial charge in [0, 0.05) is 19.4 Å². The molecule has 0 saturated carbocycles. The van der Waals surface area contributed by atoms with E-state index in [1.165, 1.54) is 12.8 Å². The smallest absolute Gasteiger partial charge is 0.233 e. The van der Waals surface area contributed by atoms with Gasteiger partial charge in [-0.05, 0) is 44.8 Å². The molecule has 0 aromatic heterocycles. The predicted molar refractivity (Wildman–Crippen MR) is 66.3 cm³/mol. The monoisotopic (exact) mass is 238 g/mol. The van der Waals surface area contributed by atoms with Crippen LogP contribution in [0.25, 0.3) is 0 Å². The van der Waals surface area contributed by atoms with Gasteiger partial charge in [-0.2, -0.15) is 0 Å². The van der Waals surface area contributed by atoms with E-state index < -0.39 is 0 Å². The first-order valence-corrected chi connectivity index (χ1v) is 6.67. The molecule has 0 aromatic rings. The van der Waals surface area contributed by atoms with Crippen molar-refractivity contribution in [3.8, 4) is 0 Å². The van der Waals surface area contributed by atoms with E-state index in [2.05, 4.69) is 12.2 Å². The standard InChI is InChI=1S/C14H22O3/c1-2-15-14(17-13-9-5-6-10-13)11-16-12-7-3-4-8-12/h7,9,14H,2-6,8,10-11H2,1H3. The first kappa shape index (κ1) is 12.5. The Kier molecular flexibility index (Phi) is 4.92. The van der Waals surface area contributed by atoms with E-state index >= 15 is 0 Å². The van der Waals surface area contributed by atoms with Gasteiger partial charge in [0.2, 0.25) is 6.29 Å². The van der Waals surface area contributed by atoms with E-state index in [4.69, 9.17) is 14.2 Å². The van der Waals surface area contributed by atoms with Gasteiger partial charge in [-0.1, -0.05) is 0 Å². The Hall–Kier alpha value is -0.960. The van der Waals surface area contributed by atoms with Gasteiger partial charge in [0.1, 0.15) is 6.61 Å². The molecule has 0 amide bonds. The van der Waals surface area contributed by atoms with Crippen LogP contribution >= 0.6 is 0 Å². The molecule has 0 aromatic carbocycles. The van der Waals surface area contributed by atoms with Crippen molar-refractivity contribution in [3.05, 3.63) is 23.7 Å². The molecule has 2 rings (SSSR count). The summed E-state index contributed by atoms with van der Waals surface area (Å²) in [4.78, 5) is 0. The van der Waals surface area contributed by atoms with Crippen molar-refractivity contribution in [2.45, 2.75) is 51.7 Å². The number of ether oxygens (including phenoxy) is 3. The molecule has 0 aliphatic heterocycles. The Morgan fingerprint density at radius 2 is 1.82 bits per heavy atom. The van der Waals surface area contributed by atoms with Gasteiger partial charge in [-0.3, -0.25) is 0 Å². The molecule has 2 aliphatic carbocycles. The van der Waals surface area contributed by atoms with Crippen LogP contribution in [0.15, 0.2) is 23.7 Å². The van der Waals surface area contributed by atoms with Gasteiger partial charge >= 0.3 is 0 Å². The van der Waals surface area contributed by atoms with Crippen LogP contribution in [-0.4, -0.2) is 19.5 Å². The second kappa shape index (κ2) is 6.70. The lowest BCUT2D eigenvalue weighted by Gasteiger charge is -2.20. The van der Waals surface area contributed by atoms with Gasteiger partial charge in [0.05, 0.1) is 11.5 Å². The lowest BCUT2D eigenvalue weighted by atomic mass is 10.3. The maximum atomic E-state index is 5.80. The Morgan fingerprint density at radius 1 is 1.12 bits per heavy atom. The number of hydrogen-bond acceptors (Lipinski definition) is 3. The fourth-order valence-corrected chi connectivity index (χ4v) is 2.17. The summed E-state index contributed by atoms with van der Waals surface area (Å²) in [5.74, 6) is 2.16. The van der Waals surface area contributed by atoms with Crippen molar-refractivity contribution in [2.24, 2.45) is 0 Å². The molecule has 0 spiro atoms. The molecular formula is C14H22O3. The van der Waals surface area contributed by atoms with E-state index in [1.54, 1.807) is 0 Å². The molecule has 2 aliphatic rings. The second-order valence-electron chi connectivity index (χ2n) is 4.44. The summed E-state index contributed by atoms with van der Waals surface area (Å²) in [6.07, 6.45) is 10.8. The van der Waals surface area contributed by atoms with Crippen LogP contribution in [0.1, 0.15) is 45.4 Å². The molecule has 1 atom stereocenters. The molecule has 3 nitrogen and oxygen atoms in total. The van der Waals surface area contributed by atoms with Crippen LogP contribution in [0.5, 0.6) is 0 Å². The predicted octanol–water partition coefficient (Wildman–Crippen LogP) is 3.52. The highest BCUT2D eigenvalue weighted by atomic mass is 16.7. The Bertz CT molecular complexity index is 294. The largest absolute Gasteiger partial charge is 0.492 e. The lowest BCUT2D eigenvalue weighted by molar-refractivity contribution is -0.141. The van der Waals surface area contributed by atoms with E-state index in [-0.39, 0.29) is 6.29 Å². The third kappa shape index (κ3) is 4.08. The third-order valence-corrected chi connectivity index (χ3v) is 3.04. The maximum absolute atomic E-state index is 5.80. The summed E-state index contributed by atoms with van der Waals surface area (Å²) in [5.41, 5.74) is 0. The highest BCUT2D eigenvalue weighted by molar-refractivity contribution is 5.00. The topological polar surface area (TPSA) is 27.7 Å². The summed E-state index contributed by atoms with van der Waals surface area (Å²) < 4.78 is 17.1. The van der Waals surface area contributed by atoms with E-state index in [0.717, 1.165) is 37.2 Å². The van der Waals surface area contributed by atoms with Gasteiger partial charge in [-0.25, -0.2) is 0 Å². The number of rotatable bonds is 7. The summed E-state index contributed by atoms with van der Waals surface area (Å²) in [7, 11) is 0. The fourth-order valence-electron chi connectivity index (χ4n) is 2.17. The van der Waals surface area contributed by atoms with Crippen molar-refractivity contribution in [1.82, 2.24) is 0 Å². The molecule has 0 fully saturated rings. The van der Waals surface area contributed by atoms with Crippen LogP contribution in [0.4, 0.5) is 0 Å². The Balaban J connectivity index is 1.75. The highest BCUT2D eigenvalue weighted by Crippen LogP contribution is 2.22. The van der Waals surface area contributed by atoms with Gasteiger partial charge in [-0.15, -0.1) is 0 Å². The molecule has 0 bridgehead atoms. The minimum Gasteiger partial charge on any atom is -0.492 e. The molecule has 3 heteroatoms. The summed E-state index contributed by atoms with van der Waals surface area (Å²) in [6, 6.07) is 0. The zero-order valence-electron chi connectivity index (χ0n) is 10.6. The molecule has 0 radical (unpaired) electrons. The summed E-state index contributed by atoms with van der Waals surface area (Å²) >= 11 is 0. The van der Waals surface area contributed by atoms with Crippen molar-refractivity contribution >= 4 is 0 Å². The zero-order valence-corrected chi connectivity index (χ0v) is 10.6. The lowest BCUT2D eigenvalue weighted by Crippen LogP contribution is -2.23. The molecule has 0 saturated heterocycles. The van der Waals surface area contributed by atoms with Crippen LogP contribution < -0.4 is 0 Å². The SMILES string of the molecule is CCOC(COC1=CCCC1)OC1=CCCC1. The van der Waals surface area contributed by atoms with Crippen LogP contribution in [0.3, 0.4) is 0 Å². The summed E-state index contributed by atoms with van der Waals surface area (Å²) in [5, 5.41) is 0. The quantitative estimate of drug-likeness (QED) is 0.635. The minimum atomic E-state index is -0.258. The first-order valence-electron chi connectivity index (χ1n) is 6.67. The van der Waals surface area contributed by atoms with E-state index in [9.17, 15) is 0 Å². The number of allylic oxidation sites excluding steroid dienone is 4. The maximum Gasteiger partial charge on any atom is 0.233 e. The minimum absolute atomic E-state index is 0.258. The molecule has 0 N–H and O–H groups in total. The van der Waals surface area contributed by atoms with Crippen LogP contribution in [0.2, 0.25) is 0 Å². The van der Waals surface area contributed by atoms with Crippen molar-refractivity contribution < 1.29 is 14.2 Å². The van der Waals surface area contributed by atoms with Crippen LogP contribution in [0, 0.1) is 0 Å². The number of hydrogen-bond donors (Lipinski definition) is 0. The normalized spacial score (nSPS) is 21.0. The zero-order chi connectivity index (χ0) is 11.9. The van der Waals surface area contributed by atoms with E-state index in [1.807, 2.05) is 6.92 Å². The van der Waals surface area contributed by atoms with Crippen molar-refractivity contribution in [3.63, 3.8) is 0 Å². The first-order chi connectivity index (χ1) is 8.38. The van der Waals surface area contributed by atoms with Crippen LogP contribution in [-0.2, 0) is 14.2 Å². The molecular weight excluding hydrogens is 216 g/mol. The van der Waals surface area contributed by atoms with Crippen molar-refractivity contribution in [1.29, 1.82) is 0 Å². The second-order valence-corrected chi connectivity index (χ2v) is 4.44. The average molecular weight is 238 g/mol. The molecule has 17 heavy (non-hydrogen) atoms. The summed E-state index contributed by atoms with van der Waals surface area (Å²) in [6.45, 7) is 3.13. The third-order valence-electron chi connectivity index (χ3n) is 3.04.